The van der Waals surface area contributed by atoms with Crippen LogP contribution >= 0.6 is 0 Å². The Bertz CT molecular complexity index is 755. The Morgan fingerprint density at radius 3 is 2.75 bits per heavy atom. The van der Waals surface area contributed by atoms with E-state index in [9.17, 15) is 4.39 Å². The van der Waals surface area contributed by atoms with Crippen molar-refractivity contribution in [2.75, 3.05) is 5.73 Å². The zero-order chi connectivity index (χ0) is 14.1. The third-order valence-corrected chi connectivity index (χ3v) is 2.68. The Morgan fingerprint density at radius 2 is 2.05 bits per heavy atom. The molecule has 3 aromatic rings. The summed E-state index contributed by atoms with van der Waals surface area (Å²) in [5, 5.41) is 3.93. The number of halogens is 1. The molecule has 0 aliphatic carbocycles. The predicted octanol–water partition coefficient (Wildman–Crippen LogP) is 1.15. The maximum Gasteiger partial charge on any atom is 0.257 e. The average Bonchev–Trinajstić information content (AvgIpc) is 2.95. The van der Waals surface area contributed by atoms with E-state index in [0.29, 0.717) is 17.0 Å². The number of benzene rings is 1. The monoisotopic (exact) mass is 271 g/mol. The third-order valence-electron chi connectivity index (χ3n) is 2.68. The standard InChI is InChI=1S/C12H10FN7/c1-7-4-8(2-3-9(7)13)10-17-11(14)19-12(18-10)20-6-15-5-16-20/h2-6H,1H3,(H2,14,17,18,19). The number of nitrogen functional groups attached to an aromatic ring is 1. The Hall–Kier alpha value is -2.90. The van der Waals surface area contributed by atoms with Crippen molar-refractivity contribution in [3.8, 4) is 17.3 Å². The number of hydrogen-bond acceptors (Lipinski definition) is 6. The Balaban J connectivity index is 2.12. The van der Waals surface area contributed by atoms with Gasteiger partial charge in [-0.15, -0.1) is 0 Å². The molecule has 100 valence electrons. The van der Waals surface area contributed by atoms with Gasteiger partial charge in [0, 0.05) is 5.56 Å². The maximum absolute atomic E-state index is 13.3. The van der Waals surface area contributed by atoms with E-state index in [2.05, 4.69) is 25.0 Å². The smallest absolute Gasteiger partial charge is 0.257 e. The van der Waals surface area contributed by atoms with Crippen molar-refractivity contribution < 1.29 is 4.39 Å². The molecule has 3 rings (SSSR count). The van der Waals surface area contributed by atoms with Crippen molar-refractivity contribution in [2.45, 2.75) is 6.92 Å². The van der Waals surface area contributed by atoms with E-state index >= 15 is 0 Å². The summed E-state index contributed by atoms with van der Waals surface area (Å²) in [6.07, 6.45) is 2.82. The number of nitrogens with zero attached hydrogens (tertiary/aromatic N) is 6. The fraction of sp³-hybridized carbons (Fsp3) is 0.0833. The zero-order valence-electron chi connectivity index (χ0n) is 10.5. The second-order valence-corrected chi connectivity index (χ2v) is 4.12. The van der Waals surface area contributed by atoms with Crippen LogP contribution in [0.4, 0.5) is 10.3 Å². The van der Waals surface area contributed by atoms with E-state index in [1.165, 1.54) is 23.4 Å². The first-order valence-electron chi connectivity index (χ1n) is 5.76. The molecule has 0 saturated heterocycles. The third kappa shape index (κ3) is 2.18. The number of hydrogen-bond donors (Lipinski definition) is 1. The Morgan fingerprint density at radius 1 is 1.20 bits per heavy atom. The van der Waals surface area contributed by atoms with Crippen LogP contribution in [0.2, 0.25) is 0 Å². The summed E-state index contributed by atoms with van der Waals surface area (Å²) in [5.41, 5.74) is 6.83. The van der Waals surface area contributed by atoms with Crippen LogP contribution in [0.25, 0.3) is 17.3 Å². The van der Waals surface area contributed by atoms with Crippen molar-refractivity contribution >= 4 is 5.95 Å². The number of aryl methyl sites for hydroxylation is 1. The molecule has 0 spiro atoms. The molecule has 2 N–H and O–H groups in total. The van der Waals surface area contributed by atoms with Crippen LogP contribution in [0, 0.1) is 12.7 Å². The van der Waals surface area contributed by atoms with Crippen LogP contribution in [-0.4, -0.2) is 29.7 Å². The number of anilines is 1. The summed E-state index contributed by atoms with van der Waals surface area (Å²) in [5.74, 6) is 0.382. The lowest BCUT2D eigenvalue weighted by molar-refractivity contribution is 0.618. The molecule has 0 fully saturated rings. The average molecular weight is 271 g/mol. The fourth-order valence-corrected chi connectivity index (χ4v) is 1.71. The highest BCUT2D eigenvalue weighted by molar-refractivity contribution is 5.57. The molecule has 0 atom stereocenters. The van der Waals surface area contributed by atoms with Crippen molar-refractivity contribution in [3.63, 3.8) is 0 Å². The van der Waals surface area contributed by atoms with Gasteiger partial charge in [-0.1, -0.05) is 0 Å². The quantitative estimate of drug-likeness (QED) is 0.751. The lowest BCUT2D eigenvalue weighted by Crippen LogP contribution is -2.08. The van der Waals surface area contributed by atoms with Gasteiger partial charge in [-0.2, -0.15) is 24.7 Å². The van der Waals surface area contributed by atoms with E-state index in [-0.39, 0.29) is 17.7 Å². The molecule has 8 heteroatoms. The van der Waals surface area contributed by atoms with Gasteiger partial charge in [0.1, 0.15) is 18.5 Å². The number of rotatable bonds is 2. The highest BCUT2D eigenvalue weighted by atomic mass is 19.1. The molecule has 7 nitrogen and oxygen atoms in total. The first-order valence-corrected chi connectivity index (χ1v) is 5.76. The van der Waals surface area contributed by atoms with Gasteiger partial charge in [-0.25, -0.2) is 9.37 Å². The normalized spacial score (nSPS) is 10.7. The summed E-state index contributed by atoms with van der Waals surface area (Å²) in [7, 11) is 0. The van der Waals surface area contributed by atoms with Gasteiger partial charge in [0.15, 0.2) is 5.82 Å². The van der Waals surface area contributed by atoms with Gasteiger partial charge < -0.3 is 5.73 Å². The second kappa shape index (κ2) is 4.65. The Labute approximate surface area is 113 Å². The first kappa shape index (κ1) is 12.2. The number of aromatic nitrogens is 6. The number of nitrogens with two attached hydrogens (primary N) is 1. The van der Waals surface area contributed by atoms with Crippen molar-refractivity contribution in [1.82, 2.24) is 29.7 Å². The predicted molar refractivity (Wildman–Crippen MR) is 69.3 cm³/mol. The molecular weight excluding hydrogens is 261 g/mol. The van der Waals surface area contributed by atoms with Gasteiger partial charge in [0.05, 0.1) is 0 Å². The van der Waals surface area contributed by atoms with Crippen LogP contribution < -0.4 is 5.73 Å². The SMILES string of the molecule is Cc1cc(-c2nc(N)nc(-n3cncn3)n2)ccc1F. The van der Waals surface area contributed by atoms with E-state index in [4.69, 9.17) is 5.73 Å². The molecular formula is C12H10FN7. The van der Waals surface area contributed by atoms with Crippen molar-refractivity contribution in [1.29, 1.82) is 0 Å². The van der Waals surface area contributed by atoms with Crippen molar-refractivity contribution in [2.24, 2.45) is 0 Å². The Kier molecular flexibility index (Phi) is 2.82. The van der Waals surface area contributed by atoms with Crippen LogP contribution in [-0.2, 0) is 0 Å². The van der Waals surface area contributed by atoms with E-state index in [1.54, 1.807) is 19.1 Å². The molecule has 0 unspecified atom stereocenters. The first-order chi connectivity index (χ1) is 9.63. The molecule has 1 aromatic carbocycles. The molecule has 20 heavy (non-hydrogen) atoms. The summed E-state index contributed by atoms with van der Waals surface area (Å²) >= 11 is 0. The largest absolute Gasteiger partial charge is 0.368 e. The molecule has 0 bridgehead atoms. The maximum atomic E-state index is 13.3. The van der Waals surface area contributed by atoms with Crippen LogP contribution in [0.3, 0.4) is 0 Å². The molecule has 2 aromatic heterocycles. The summed E-state index contributed by atoms with van der Waals surface area (Å²) in [4.78, 5) is 16.1. The fourth-order valence-electron chi connectivity index (χ4n) is 1.71. The lowest BCUT2D eigenvalue weighted by Gasteiger charge is -2.05. The zero-order valence-corrected chi connectivity index (χ0v) is 10.5. The molecule has 0 saturated carbocycles. The highest BCUT2D eigenvalue weighted by Gasteiger charge is 2.10. The minimum Gasteiger partial charge on any atom is -0.368 e. The topological polar surface area (TPSA) is 95.4 Å². The minimum absolute atomic E-state index is 0.0579. The van der Waals surface area contributed by atoms with Crippen molar-refractivity contribution in [3.05, 3.63) is 42.2 Å². The van der Waals surface area contributed by atoms with Crippen LogP contribution in [0.15, 0.2) is 30.9 Å². The van der Waals surface area contributed by atoms with Gasteiger partial charge in [-0.05, 0) is 30.7 Å². The van der Waals surface area contributed by atoms with Gasteiger partial charge >= 0.3 is 0 Å². The molecule has 0 radical (unpaired) electrons. The van der Waals surface area contributed by atoms with Crippen LogP contribution in [0.5, 0.6) is 0 Å². The van der Waals surface area contributed by atoms with Gasteiger partial charge in [0.2, 0.25) is 5.95 Å². The second-order valence-electron chi connectivity index (χ2n) is 4.12. The summed E-state index contributed by atoms with van der Waals surface area (Å²) < 4.78 is 14.7. The molecule has 2 heterocycles. The minimum atomic E-state index is -0.285. The summed E-state index contributed by atoms with van der Waals surface area (Å²) in [6, 6.07) is 4.59. The lowest BCUT2D eigenvalue weighted by atomic mass is 10.1. The molecule has 0 aliphatic rings. The van der Waals surface area contributed by atoms with Gasteiger partial charge in [0.25, 0.3) is 5.95 Å². The van der Waals surface area contributed by atoms with Gasteiger partial charge in [-0.3, -0.25) is 0 Å². The summed E-state index contributed by atoms with van der Waals surface area (Å²) in [6.45, 7) is 1.67. The highest BCUT2D eigenvalue weighted by Crippen LogP contribution is 2.19. The van der Waals surface area contributed by atoms with E-state index < -0.39 is 0 Å². The van der Waals surface area contributed by atoms with E-state index in [1.807, 2.05) is 0 Å². The van der Waals surface area contributed by atoms with Crippen LogP contribution in [0.1, 0.15) is 5.56 Å². The molecule has 0 amide bonds. The van der Waals surface area contributed by atoms with E-state index in [0.717, 1.165) is 0 Å². The molecule has 0 aliphatic heterocycles.